The Labute approximate surface area is 210 Å². The second-order valence-corrected chi connectivity index (χ2v) is 10.3. The molecule has 2 fully saturated rings. The van der Waals surface area contributed by atoms with Crippen molar-refractivity contribution in [2.45, 2.75) is 57.2 Å². The Morgan fingerprint density at radius 3 is 2.58 bits per heavy atom. The first-order chi connectivity index (χ1) is 17.5. The van der Waals surface area contributed by atoms with Crippen LogP contribution in [0.2, 0.25) is 0 Å². The van der Waals surface area contributed by atoms with Crippen LogP contribution in [0.1, 0.15) is 65.9 Å². The van der Waals surface area contributed by atoms with Gasteiger partial charge in [0.15, 0.2) is 0 Å². The third kappa shape index (κ3) is 3.83. The molecule has 1 aromatic heterocycles. The van der Waals surface area contributed by atoms with Crippen LogP contribution in [0.15, 0.2) is 48.0 Å². The molecule has 3 heterocycles. The largest absolute Gasteiger partial charge is 0.465 e. The SMILES string of the molecule is COC(=O)c1ccc2c(C3CCCCC3)c3n(c2c1)CC(C(=O)N1CC[C@H](F)C1)=Cc1ccccc1-3. The van der Waals surface area contributed by atoms with E-state index in [0.29, 0.717) is 36.6 Å². The van der Waals surface area contributed by atoms with Gasteiger partial charge in [0, 0.05) is 28.6 Å². The van der Waals surface area contributed by atoms with Crippen LogP contribution >= 0.6 is 0 Å². The molecule has 1 saturated carbocycles. The minimum Gasteiger partial charge on any atom is -0.465 e. The van der Waals surface area contributed by atoms with E-state index in [9.17, 15) is 14.0 Å². The van der Waals surface area contributed by atoms with Crippen LogP contribution in [-0.2, 0) is 16.1 Å². The van der Waals surface area contributed by atoms with Crippen LogP contribution in [0.5, 0.6) is 0 Å². The molecular formula is C30H31FN2O3. The van der Waals surface area contributed by atoms with E-state index < -0.39 is 6.17 Å². The van der Waals surface area contributed by atoms with E-state index in [1.54, 1.807) is 4.90 Å². The number of carbonyl (C=O) groups excluding carboxylic acids is 2. The number of ether oxygens (including phenoxy) is 1. The lowest BCUT2D eigenvalue weighted by molar-refractivity contribution is -0.126. The number of fused-ring (bicyclic) bond motifs is 5. The second kappa shape index (κ2) is 9.23. The Bertz CT molecular complexity index is 1380. The van der Waals surface area contributed by atoms with Gasteiger partial charge in [-0.05, 0) is 54.5 Å². The highest BCUT2D eigenvalue weighted by Gasteiger charge is 2.33. The molecule has 6 rings (SSSR count). The fourth-order valence-corrected chi connectivity index (χ4v) is 6.36. The van der Waals surface area contributed by atoms with Gasteiger partial charge in [-0.25, -0.2) is 9.18 Å². The van der Waals surface area contributed by atoms with Gasteiger partial charge in [-0.3, -0.25) is 4.79 Å². The highest BCUT2D eigenvalue weighted by molar-refractivity contribution is 6.03. The summed E-state index contributed by atoms with van der Waals surface area (Å²) in [6.07, 6.45) is 7.36. The number of esters is 1. The van der Waals surface area contributed by atoms with Gasteiger partial charge in [0.05, 0.1) is 31.5 Å². The Morgan fingerprint density at radius 2 is 1.83 bits per heavy atom. The van der Waals surface area contributed by atoms with Crippen molar-refractivity contribution < 1.29 is 18.7 Å². The normalized spacial score (nSPS) is 20.0. The maximum atomic E-state index is 14.0. The average molecular weight is 487 g/mol. The topological polar surface area (TPSA) is 51.5 Å². The van der Waals surface area contributed by atoms with Gasteiger partial charge in [-0.2, -0.15) is 0 Å². The lowest BCUT2D eigenvalue weighted by atomic mass is 9.81. The zero-order valence-corrected chi connectivity index (χ0v) is 20.6. The van der Waals surface area contributed by atoms with Crippen molar-refractivity contribution in [3.8, 4) is 11.3 Å². The summed E-state index contributed by atoms with van der Waals surface area (Å²) in [6, 6.07) is 14.0. The van der Waals surface area contributed by atoms with E-state index in [1.165, 1.54) is 31.9 Å². The van der Waals surface area contributed by atoms with Gasteiger partial charge in [-0.15, -0.1) is 0 Å². The number of likely N-dealkylation sites (tertiary alicyclic amines) is 1. The predicted molar refractivity (Wildman–Crippen MR) is 139 cm³/mol. The zero-order chi connectivity index (χ0) is 24.8. The summed E-state index contributed by atoms with van der Waals surface area (Å²) in [6.45, 7) is 0.971. The van der Waals surface area contributed by atoms with Crippen LogP contribution in [0.4, 0.5) is 4.39 Å². The van der Waals surface area contributed by atoms with Gasteiger partial charge < -0.3 is 14.2 Å². The summed E-state index contributed by atoms with van der Waals surface area (Å²) in [7, 11) is 1.39. The van der Waals surface area contributed by atoms with Crippen LogP contribution in [0.25, 0.3) is 28.2 Å². The number of nitrogens with zero attached hydrogens (tertiary/aromatic N) is 2. The lowest BCUT2D eigenvalue weighted by Gasteiger charge is -2.24. The number of alkyl halides is 1. The number of amides is 1. The molecule has 1 aliphatic carbocycles. The monoisotopic (exact) mass is 486 g/mol. The summed E-state index contributed by atoms with van der Waals surface area (Å²) in [5.41, 5.74) is 6.64. The summed E-state index contributed by atoms with van der Waals surface area (Å²) >= 11 is 0. The average Bonchev–Trinajstić information content (AvgIpc) is 3.43. The quantitative estimate of drug-likeness (QED) is 0.420. The number of halogens is 1. The molecule has 0 unspecified atom stereocenters. The lowest BCUT2D eigenvalue weighted by Crippen LogP contribution is -2.31. The van der Waals surface area contributed by atoms with Gasteiger partial charge in [0.1, 0.15) is 6.17 Å². The molecule has 2 aliphatic heterocycles. The second-order valence-electron chi connectivity index (χ2n) is 10.3. The number of hydrogen-bond donors (Lipinski definition) is 0. The Hall–Kier alpha value is -3.41. The standard InChI is InChI=1S/C30H31FN2O3/c1-36-30(35)21-11-12-25-26(16-21)33-17-22(29(34)32-14-13-23(31)18-32)15-20-9-5-6-10-24(20)28(33)27(25)19-7-3-2-4-8-19/h5-6,9-12,15-16,19,23H,2-4,7-8,13-14,17-18H2,1H3/t23-/m0/s1. The first kappa shape index (κ1) is 23.0. The molecule has 5 nitrogen and oxygen atoms in total. The van der Waals surface area contributed by atoms with Crippen molar-refractivity contribution in [1.29, 1.82) is 0 Å². The molecule has 3 aliphatic rings. The van der Waals surface area contributed by atoms with Crippen LogP contribution in [-0.4, -0.2) is 47.7 Å². The maximum absolute atomic E-state index is 14.0. The number of hydrogen-bond acceptors (Lipinski definition) is 3. The molecule has 1 atom stereocenters. The van der Waals surface area contributed by atoms with Gasteiger partial charge >= 0.3 is 5.97 Å². The van der Waals surface area contributed by atoms with Crippen LogP contribution < -0.4 is 0 Å². The van der Waals surface area contributed by atoms with E-state index in [4.69, 9.17) is 4.74 Å². The van der Waals surface area contributed by atoms with Crippen molar-refractivity contribution in [1.82, 2.24) is 9.47 Å². The van der Waals surface area contributed by atoms with Crippen molar-refractivity contribution in [2.24, 2.45) is 0 Å². The van der Waals surface area contributed by atoms with Crippen molar-refractivity contribution in [3.63, 3.8) is 0 Å². The molecule has 1 amide bonds. The minimum atomic E-state index is -0.962. The fourth-order valence-electron chi connectivity index (χ4n) is 6.36. The van der Waals surface area contributed by atoms with E-state index in [0.717, 1.165) is 40.6 Å². The predicted octanol–water partition coefficient (Wildman–Crippen LogP) is 6.11. The van der Waals surface area contributed by atoms with Gasteiger partial charge in [0.25, 0.3) is 5.91 Å². The number of benzene rings is 2. The van der Waals surface area contributed by atoms with Crippen LogP contribution in [0.3, 0.4) is 0 Å². The number of methoxy groups -OCH3 is 1. The molecule has 0 spiro atoms. The molecular weight excluding hydrogens is 455 g/mol. The summed E-state index contributed by atoms with van der Waals surface area (Å²) < 4.78 is 21.2. The van der Waals surface area contributed by atoms with E-state index >= 15 is 0 Å². The molecule has 186 valence electrons. The molecule has 6 heteroatoms. The van der Waals surface area contributed by atoms with Crippen LogP contribution in [0, 0.1) is 0 Å². The first-order valence-electron chi connectivity index (χ1n) is 13.0. The zero-order valence-electron chi connectivity index (χ0n) is 20.6. The molecule has 2 aromatic carbocycles. The summed E-state index contributed by atoms with van der Waals surface area (Å²) in [5, 5.41) is 1.14. The number of rotatable bonds is 3. The van der Waals surface area contributed by atoms with E-state index in [1.807, 2.05) is 30.3 Å². The highest BCUT2D eigenvalue weighted by Crippen LogP contribution is 2.46. The molecule has 36 heavy (non-hydrogen) atoms. The molecule has 0 N–H and O–H groups in total. The Kier molecular flexibility index (Phi) is 5.90. The third-order valence-corrected chi connectivity index (χ3v) is 8.11. The molecule has 0 radical (unpaired) electrons. The van der Waals surface area contributed by atoms with Crippen molar-refractivity contribution in [2.75, 3.05) is 20.2 Å². The van der Waals surface area contributed by atoms with E-state index in [-0.39, 0.29) is 18.4 Å². The number of aromatic nitrogens is 1. The van der Waals surface area contributed by atoms with Gasteiger partial charge in [0.2, 0.25) is 0 Å². The molecule has 1 saturated heterocycles. The third-order valence-electron chi connectivity index (χ3n) is 8.11. The smallest absolute Gasteiger partial charge is 0.337 e. The summed E-state index contributed by atoms with van der Waals surface area (Å²) in [5.74, 6) is -0.0563. The summed E-state index contributed by atoms with van der Waals surface area (Å²) in [4.78, 5) is 27.7. The Balaban J connectivity index is 1.58. The fraction of sp³-hybridized carbons (Fsp3) is 0.400. The van der Waals surface area contributed by atoms with E-state index in [2.05, 4.69) is 22.8 Å². The van der Waals surface area contributed by atoms with Crippen molar-refractivity contribution in [3.05, 3.63) is 64.7 Å². The molecule has 0 bridgehead atoms. The Morgan fingerprint density at radius 1 is 1.03 bits per heavy atom. The van der Waals surface area contributed by atoms with Gasteiger partial charge in [-0.1, -0.05) is 49.6 Å². The molecule has 3 aromatic rings. The minimum absolute atomic E-state index is 0.108. The highest BCUT2D eigenvalue weighted by atomic mass is 19.1. The van der Waals surface area contributed by atoms with Crippen molar-refractivity contribution >= 4 is 28.9 Å². The number of carbonyl (C=O) groups is 2. The first-order valence-corrected chi connectivity index (χ1v) is 13.0. The maximum Gasteiger partial charge on any atom is 0.337 e.